The molecular formula is C21H22N2O3S. The minimum Gasteiger partial charge on any atom is -0.504 e. The second-order valence-corrected chi connectivity index (χ2v) is 6.66. The molecular weight excluding hydrogens is 360 g/mol. The molecule has 0 fully saturated rings. The summed E-state index contributed by atoms with van der Waals surface area (Å²) < 4.78 is 13.7. The first-order valence-corrected chi connectivity index (χ1v) is 9.27. The predicted molar refractivity (Wildman–Crippen MR) is 111 cm³/mol. The number of para-hydroxylation sites is 1. The molecule has 0 aliphatic carbocycles. The second-order valence-electron chi connectivity index (χ2n) is 5.78. The number of benzene rings is 3. The van der Waals surface area contributed by atoms with E-state index in [9.17, 15) is 5.11 Å². The molecule has 0 saturated heterocycles. The Labute approximate surface area is 163 Å². The molecule has 3 N–H and O–H groups in total. The van der Waals surface area contributed by atoms with E-state index in [1.807, 2.05) is 60.7 Å². The average Bonchev–Trinajstić information content (AvgIpc) is 2.72. The van der Waals surface area contributed by atoms with Crippen molar-refractivity contribution in [2.45, 2.75) is 11.4 Å². The molecule has 0 aliphatic heterocycles. The van der Waals surface area contributed by atoms with Gasteiger partial charge in [-0.15, -0.1) is 0 Å². The highest BCUT2D eigenvalue weighted by Gasteiger charge is 2.07. The van der Waals surface area contributed by atoms with Gasteiger partial charge in [-0.05, 0) is 54.4 Å². The Bertz CT molecular complexity index is 885. The van der Waals surface area contributed by atoms with Crippen LogP contribution in [-0.4, -0.2) is 19.3 Å². The fourth-order valence-corrected chi connectivity index (χ4v) is 3.15. The van der Waals surface area contributed by atoms with Gasteiger partial charge in [-0.25, -0.2) is 0 Å². The van der Waals surface area contributed by atoms with Gasteiger partial charge in [-0.3, -0.25) is 0 Å². The molecule has 0 unspecified atom stereocenters. The van der Waals surface area contributed by atoms with Crippen molar-refractivity contribution < 1.29 is 14.6 Å². The number of anilines is 2. The third-order valence-electron chi connectivity index (χ3n) is 4.00. The van der Waals surface area contributed by atoms with E-state index < -0.39 is 0 Å². The van der Waals surface area contributed by atoms with Gasteiger partial charge in [-0.1, -0.05) is 18.2 Å². The van der Waals surface area contributed by atoms with Crippen LogP contribution >= 0.6 is 11.9 Å². The van der Waals surface area contributed by atoms with Gasteiger partial charge in [0.05, 0.1) is 14.2 Å². The number of hydrogen-bond acceptors (Lipinski definition) is 6. The van der Waals surface area contributed by atoms with E-state index in [0.717, 1.165) is 27.6 Å². The lowest BCUT2D eigenvalue weighted by atomic mass is 10.2. The lowest BCUT2D eigenvalue weighted by Gasteiger charge is -2.11. The van der Waals surface area contributed by atoms with E-state index >= 15 is 0 Å². The summed E-state index contributed by atoms with van der Waals surface area (Å²) in [4.78, 5) is 1.09. The Morgan fingerprint density at radius 3 is 2.41 bits per heavy atom. The molecule has 0 heterocycles. The molecule has 0 aromatic heterocycles. The zero-order valence-corrected chi connectivity index (χ0v) is 16.0. The van der Waals surface area contributed by atoms with Crippen molar-refractivity contribution in [2.24, 2.45) is 0 Å². The zero-order chi connectivity index (χ0) is 19.1. The lowest BCUT2D eigenvalue weighted by Crippen LogP contribution is -2.00. The van der Waals surface area contributed by atoms with Gasteiger partial charge >= 0.3 is 0 Å². The highest BCUT2D eigenvalue weighted by Crippen LogP contribution is 2.30. The van der Waals surface area contributed by atoms with Crippen LogP contribution in [0.3, 0.4) is 0 Å². The summed E-state index contributed by atoms with van der Waals surface area (Å²) in [7, 11) is 3.20. The monoisotopic (exact) mass is 382 g/mol. The number of hydrogen-bond donors (Lipinski definition) is 3. The summed E-state index contributed by atoms with van der Waals surface area (Å²) in [5.41, 5.74) is 2.74. The van der Waals surface area contributed by atoms with Gasteiger partial charge in [0.15, 0.2) is 11.5 Å². The number of phenols is 1. The van der Waals surface area contributed by atoms with Crippen LogP contribution in [0.5, 0.6) is 17.2 Å². The molecule has 3 aromatic rings. The van der Waals surface area contributed by atoms with Crippen molar-refractivity contribution in [1.29, 1.82) is 0 Å². The second kappa shape index (κ2) is 9.09. The first-order chi connectivity index (χ1) is 13.2. The predicted octanol–water partition coefficient (Wildman–Crippen LogP) is 5.14. The molecule has 0 saturated carbocycles. The van der Waals surface area contributed by atoms with E-state index in [4.69, 9.17) is 9.47 Å². The quantitative estimate of drug-likeness (QED) is 0.469. The maximum absolute atomic E-state index is 10.1. The minimum absolute atomic E-state index is 0.169. The van der Waals surface area contributed by atoms with E-state index in [2.05, 4.69) is 10.0 Å². The highest BCUT2D eigenvalue weighted by atomic mass is 32.2. The van der Waals surface area contributed by atoms with Crippen molar-refractivity contribution in [2.75, 3.05) is 24.3 Å². The summed E-state index contributed by atoms with van der Waals surface area (Å²) in [6, 6.07) is 21.3. The third kappa shape index (κ3) is 5.01. The summed E-state index contributed by atoms with van der Waals surface area (Å²) in [6.45, 7) is 0.511. The molecule has 0 amide bonds. The first kappa shape index (κ1) is 18.8. The lowest BCUT2D eigenvalue weighted by molar-refractivity contribution is 0.371. The van der Waals surface area contributed by atoms with E-state index in [1.54, 1.807) is 20.3 Å². The Balaban J connectivity index is 1.56. The molecule has 5 nitrogen and oxygen atoms in total. The summed E-state index contributed by atoms with van der Waals surface area (Å²) in [5, 5.41) is 13.4. The Morgan fingerprint density at radius 1 is 0.889 bits per heavy atom. The molecule has 27 heavy (non-hydrogen) atoms. The van der Waals surface area contributed by atoms with E-state index in [0.29, 0.717) is 12.3 Å². The van der Waals surface area contributed by atoms with Crippen molar-refractivity contribution in [3.63, 3.8) is 0 Å². The van der Waals surface area contributed by atoms with Crippen LogP contribution in [0.1, 0.15) is 5.56 Å². The zero-order valence-electron chi connectivity index (χ0n) is 15.2. The third-order valence-corrected chi connectivity index (χ3v) is 4.84. The van der Waals surface area contributed by atoms with Crippen LogP contribution in [0, 0.1) is 0 Å². The number of ether oxygens (including phenoxy) is 2. The Morgan fingerprint density at radius 2 is 1.67 bits per heavy atom. The van der Waals surface area contributed by atoms with Crippen molar-refractivity contribution >= 4 is 23.3 Å². The Kier molecular flexibility index (Phi) is 6.33. The largest absolute Gasteiger partial charge is 0.504 e. The molecule has 6 heteroatoms. The Hall–Kier alpha value is -2.99. The van der Waals surface area contributed by atoms with Gasteiger partial charge in [0.25, 0.3) is 0 Å². The fraction of sp³-hybridized carbons (Fsp3) is 0.143. The minimum atomic E-state index is 0.169. The van der Waals surface area contributed by atoms with Crippen LogP contribution in [0.15, 0.2) is 71.6 Å². The smallest absolute Gasteiger partial charge is 0.162 e. The maximum atomic E-state index is 10.1. The normalized spacial score (nSPS) is 10.3. The molecule has 0 atom stereocenters. The molecule has 3 aromatic carbocycles. The molecule has 0 bridgehead atoms. The van der Waals surface area contributed by atoms with Crippen LogP contribution < -0.4 is 19.5 Å². The molecule has 0 aliphatic rings. The number of aromatic hydroxyl groups is 1. The van der Waals surface area contributed by atoms with Crippen molar-refractivity contribution in [1.82, 2.24) is 0 Å². The van der Waals surface area contributed by atoms with Crippen LogP contribution in [0.2, 0.25) is 0 Å². The summed E-state index contributed by atoms with van der Waals surface area (Å²) in [5.74, 6) is 1.47. The number of phenolic OH excluding ortho intramolecular Hbond substituents is 1. The van der Waals surface area contributed by atoms with Gasteiger partial charge in [0, 0.05) is 34.4 Å². The summed E-state index contributed by atoms with van der Waals surface area (Å²) >= 11 is 1.53. The van der Waals surface area contributed by atoms with Crippen molar-refractivity contribution in [3.8, 4) is 17.2 Å². The average molecular weight is 382 g/mol. The highest BCUT2D eigenvalue weighted by molar-refractivity contribution is 8.00. The number of rotatable bonds is 8. The number of nitrogens with one attached hydrogen (secondary N) is 2. The van der Waals surface area contributed by atoms with Crippen molar-refractivity contribution in [3.05, 3.63) is 72.3 Å². The number of methoxy groups -OCH3 is 2. The fourth-order valence-electron chi connectivity index (χ4n) is 2.52. The van der Waals surface area contributed by atoms with Crippen LogP contribution in [-0.2, 0) is 6.54 Å². The molecule has 3 rings (SSSR count). The van der Waals surface area contributed by atoms with Gasteiger partial charge in [0.2, 0.25) is 0 Å². The van der Waals surface area contributed by atoms with E-state index in [1.165, 1.54) is 11.9 Å². The van der Waals surface area contributed by atoms with Gasteiger partial charge in [0.1, 0.15) is 5.75 Å². The first-order valence-electron chi connectivity index (χ1n) is 8.45. The molecule has 0 spiro atoms. The molecule has 0 radical (unpaired) electrons. The standard InChI is InChI=1S/C21H22N2O3S/c1-25-18-7-4-6-17(13-18)23-27-19-11-9-16(10-12-19)22-14-15-5-3-8-20(26-2)21(15)24/h3-13,22-24H,14H2,1-2H3. The SMILES string of the molecule is COc1cccc(NSc2ccc(NCc3cccc(OC)c3O)cc2)c1. The van der Waals surface area contributed by atoms with Crippen LogP contribution in [0.25, 0.3) is 0 Å². The molecule has 140 valence electrons. The summed E-state index contributed by atoms with van der Waals surface area (Å²) in [6.07, 6.45) is 0. The van der Waals surface area contributed by atoms with Gasteiger partial charge in [-0.2, -0.15) is 0 Å². The van der Waals surface area contributed by atoms with Crippen LogP contribution in [0.4, 0.5) is 11.4 Å². The topological polar surface area (TPSA) is 62.8 Å². The van der Waals surface area contributed by atoms with E-state index in [-0.39, 0.29) is 5.75 Å². The van der Waals surface area contributed by atoms with Gasteiger partial charge < -0.3 is 24.6 Å². The maximum Gasteiger partial charge on any atom is 0.162 e.